The first-order chi connectivity index (χ1) is 9.20. The Morgan fingerprint density at radius 2 is 2.26 bits per heavy atom. The lowest BCUT2D eigenvalue weighted by Crippen LogP contribution is -2.30. The highest BCUT2D eigenvalue weighted by molar-refractivity contribution is 7.12. The van der Waals surface area contributed by atoms with Gasteiger partial charge >= 0.3 is 0 Å². The molecule has 0 amide bonds. The first-order valence-electron chi connectivity index (χ1n) is 6.10. The molecule has 4 nitrogen and oxygen atoms in total. The lowest BCUT2D eigenvalue weighted by Gasteiger charge is -2.22. The predicted molar refractivity (Wildman–Crippen MR) is 75.9 cm³/mol. The molecule has 0 saturated heterocycles. The van der Waals surface area contributed by atoms with E-state index in [2.05, 4.69) is 16.3 Å². The highest BCUT2D eigenvalue weighted by Gasteiger charge is 2.16. The summed E-state index contributed by atoms with van der Waals surface area (Å²) in [5, 5.41) is 12.2. The normalized spacial score (nSPS) is 12.5. The third-order valence-electron chi connectivity index (χ3n) is 2.90. The summed E-state index contributed by atoms with van der Waals surface area (Å²) in [5.41, 5.74) is 0. The fourth-order valence-corrected chi connectivity index (χ4v) is 2.66. The Hall–Kier alpha value is -1.61. The maximum Gasteiger partial charge on any atom is 0.122 e. The number of likely N-dealkylation sites (N-methyl/N-ethyl adjacent to an activating group) is 1. The van der Waals surface area contributed by atoms with Crippen LogP contribution in [0.25, 0.3) is 0 Å². The minimum atomic E-state index is 0.213. The van der Waals surface area contributed by atoms with Crippen molar-refractivity contribution in [3.05, 3.63) is 46.0 Å². The number of nitrogens with one attached hydrogen (secondary N) is 1. The van der Waals surface area contributed by atoms with Crippen molar-refractivity contribution >= 4 is 11.3 Å². The van der Waals surface area contributed by atoms with Crippen LogP contribution in [0, 0.1) is 11.3 Å². The van der Waals surface area contributed by atoms with Crippen molar-refractivity contribution in [1.82, 2.24) is 10.2 Å². The predicted octanol–water partition coefficient (Wildman–Crippen LogP) is 2.61. The molecule has 2 rings (SSSR count). The molecule has 1 atom stereocenters. The number of nitrogens with zero attached hydrogens (tertiary/aromatic N) is 2. The lowest BCUT2D eigenvalue weighted by molar-refractivity contribution is 0.250. The van der Waals surface area contributed by atoms with E-state index in [1.54, 1.807) is 6.26 Å². The molecule has 5 heteroatoms. The van der Waals surface area contributed by atoms with E-state index in [0.717, 1.165) is 23.7 Å². The van der Waals surface area contributed by atoms with E-state index < -0.39 is 0 Å². The number of rotatable bonds is 6. The number of thiophene rings is 1. The largest absolute Gasteiger partial charge is 0.468 e. The van der Waals surface area contributed by atoms with Crippen LogP contribution in [0.4, 0.5) is 0 Å². The van der Waals surface area contributed by atoms with Gasteiger partial charge in [0.2, 0.25) is 0 Å². The lowest BCUT2D eigenvalue weighted by atomic mass is 10.2. The van der Waals surface area contributed by atoms with Gasteiger partial charge in [-0.05, 0) is 38.4 Å². The Balaban J connectivity index is 1.88. The van der Waals surface area contributed by atoms with Crippen LogP contribution in [-0.4, -0.2) is 25.5 Å². The van der Waals surface area contributed by atoms with Gasteiger partial charge in [0.05, 0.1) is 12.3 Å². The number of nitriles is 1. The van der Waals surface area contributed by atoms with Crippen molar-refractivity contribution in [3.8, 4) is 6.07 Å². The SMILES string of the molecule is CN(C)C(CNCc1ccc(C#N)s1)c1ccco1. The fraction of sp³-hybridized carbons (Fsp3) is 0.357. The molecule has 0 saturated carbocycles. The molecule has 0 aliphatic heterocycles. The van der Waals surface area contributed by atoms with Crippen LogP contribution in [0.5, 0.6) is 0 Å². The van der Waals surface area contributed by atoms with E-state index >= 15 is 0 Å². The maximum atomic E-state index is 8.78. The second kappa shape index (κ2) is 6.53. The number of hydrogen-bond donors (Lipinski definition) is 1. The average Bonchev–Trinajstić information content (AvgIpc) is 3.05. The zero-order chi connectivity index (χ0) is 13.7. The van der Waals surface area contributed by atoms with Crippen molar-refractivity contribution in [1.29, 1.82) is 5.26 Å². The maximum absolute atomic E-state index is 8.78. The zero-order valence-corrected chi connectivity index (χ0v) is 11.9. The minimum Gasteiger partial charge on any atom is -0.468 e. The Morgan fingerprint density at radius 3 is 2.84 bits per heavy atom. The van der Waals surface area contributed by atoms with Gasteiger partial charge in [-0.2, -0.15) is 5.26 Å². The molecule has 0 aliphatic rings. The van der Waals surface area contributed by atoms with E-state index in [-0.39, 0.29) is 6.04 Å². The summed E-state index contributed by atoms with van der Waals surface area (Å²) in [7, 11) is 4.07. The van der Waals surface area contributed by atoms with Gasteiger partial charge in [0.25, 0.3) is 0 Å². The summed E-state index contributed by atoms with van der Waals surface area (Å²) in [6.07, 6.45) is 1.70. The molecule has 0 radical (unpaired) electrons. The smallest absolute Gasteiger partial charge is 0.122 e. The molecule has 0 aromatic carbocycles. The van der Waals surface area contributed by atoms with Crippen molar-refractivity contribution in [2.75, 3.05) is 20.6 Å². The zero-order valence-electron chi connectivity index (χ0n) is 11.1. The Bertz CT molecular complexity index is 539. The first-order valence-corrected chi connectivity index (χ1v) is 6.91. The molecule has 0 spiro atoms. The Morgan fingerprint density at radius 1 is 1.42 bits per heavy atom. The monoisotopic (exact) mass is 275 g/mol. The Labute approximate surface area is 117 Å². The second-order valence-electron chi connectivity index (χ2n) is 4.50. The molecule has 0 bridgehead atoms. The molecule has 19 heavy (non-hydrogen) atoms. The topological polar surface area (TPSA) is 52.2 Å². The number of furan rings is 1. The van der Waals surface area contributed by atoms with Gasteiger partial charge in [-0.3, -0.25) is 4.90 Å². The fourth-order valence-electron chi connectivity index (χ4n) is 1.88. The average molecular weight is 275 g/mol. The third kappa shape index (κ3) is 3.67. The van der Waals surface area contributed by atoms with Gasteiger partial charge in [0, 0.05) is 18.0 Å². The summed E-state index contributed by atoms with van der Waals surface area (Å²) in [6, 6.07) is 10.1. The standard InChI is InChI=1S/C14H17N3OS/c1-17(2)13(14-4-3-7-18-14)10-16-9-12-6-5-11(8-15)19-12/h3-7,13,16H,9-10H2,1-2H3. The Kier molecular flexibility index (Phi) is 4.74. The van der Waals surface area contributed by atoms with Crippen molar-refractivity contribution in [2.24, 2.45) is 0 Å². The molecule has 2 heterocycles. The highest BCUT2D eigenvalue weighted by Crippen LogP contribution is 2.19. The summed E-state index contributed by atoms with van der Waals surface area (Å²) < 4.78 is 5.46. The molecule has 1 N–H and O–H groups in total. The first kappa shape index (κ1) is 13.8. The van der Waals surface area contributed by atoms with Gasteiger partial charge in [-0.25, -0.2) is 0 Å². The molecule has 1 unspecified atom stereocenters. The van der Waals surface area contributed by atoms with E-state index in [4.69, 9.17) is 9.68 Å². The third-order valence-corrected chi connectivity index (χ3v) is 3.89. The van der Waals surface area contributed by atoms with Gasteiger partial charge in [-0.1, -0.05) is 0 Å². The van der Waals surface area contributed by atoms with Crippen LogP contribution in [0.3, 0.4) is 0 Å². The quantitative estimate of drug-likeness (QED) is 0.880. The summed E-state index contributed by atoms with van der Waals surface area (Å²) >= 11 is 1.53. The minimum absolute atomic E-state index is 0.213. The summed E-state index contributed by atoms with van der Waals surface area (Å²) in [6.45, 7) is 1.58. The molecular formula is C14H17N3OS. The van der Waals surface area contributed by atoms with Crippen LogP contribution in [0.2, 0.25) is 0 Å². The van der Waals surface area contributed by atoms with Crippen LogP contribution >= 0.6 is 11.3 Å². The van der Waals surface area contributed by atoms with Crippen LogP contribution < -0.4 is 5.32 Å². The van der Waals surface area contributed by atoms with Gasteiger partial charge in [0.15, 0.2) is 0 Å². The highest BCUT2D eigenvalue weighted by atomic mass is 32.1. The van der Waals surface area contributed by atoms with E-state index in [0.29, 0.717) is 0 Å². The molecule has 2 aromatic rings. The van der Waals surface area contributed by atoms with Crippen molar-refractivity contribution in [3.63, 3.8) is 0 Å². The van der Waals surface area contributed by atoms with Crippen molar-refractivity contribution in [2.45, 2.75) is 12.6 Å². The van der Waals surface area contributed by atoms with Gasteiger partial charge in [0.1, 0.15) is 16.7 Å². The molecule has 0 fully saturated rings. The van der Waals surface area contributed by atoms with Crippen molar-refractivity contribution < 1.29 is 4.42 Å². The van der Waals surface area contributed by atoms with E-state index in [1.165, 1.54) is 16.2 Å². The van der Waals surface area contributed by atoms with Gasteiger partial charge < -0.3 is 9.73 Å². The van der Waals surface area contributed by atoms with Crippen LogP contribution in [0.1, 0.15) is 21.6 Å². The van der Waals surface area contributed by atoms with Crippen LogP contribution in [-0.2, 0) is 6.54 Å². The molecular weight excluding hydrogens is 258 g/mol. The van der Waals surface area contributed by atoms with Gasteiger partial charge in [-0.15, -0.1) is 11.3 Å². The summed E-state index contributed by atoms with van der Waals surface area (Å²) in [5.74, 6) is 0.960. The van der Waals surface area contributed by atoms with E-state index in [9.17, 15) is 0 Å². The summed E-state index contributed by atoms with van der Waals surface area (Å²) in [4.78, 5) is 4.06. The molecule has 0 aliphatic carbocycles. The number of hydrogen-bond acceptors (Lipinski definition) is 5. The molecule has 2 aromatic heterocycles. The second-order valence-corrected chi connectivity index (χ2v) is 5.67. The molecule has 100 valence electrons. The van der Waals surface area contributed by atoms with Crippen LogP contribution in [0.15, 0.2) is 34.9 Å². The van der Waals surface area contributed by atoms with E-state index in [1.807, 2.05) is 38.4 Å².